The molecule has 2 rings (SSSR count). The van der Waals surface area contributed by atoms with Crippen LogP contribution in [0.5, 0.6) is 0 Å². The van der Waals surface area contributed by atoms with Crippen molar-refractivity contribution in [2.45, 2.75) is 24.7 Å². The maximum atomic E-state index is 11.8. The molecule has 1 aromatic rings. The van der Waals surface area contributed by atoms with Crippen molar-refractivity contribution in [3.05, 3.63) is 35.9 Å². The van der Waals surface area contributed by atoms with Gasteiger partial charge in [-0.3, -0.25) is 0 Å². The van der Waals surface area contributed by atoms with Gasteiger partial charge in [-0.1, -0.05) is 30.3 Å². The number of nitrogens with one attached hydrogen (secondary N) is 2. The van der Waals surface area contributed by atoms with E-state index >= 15 is 0 Å². The van der Waals surface area contributed by atoms with Gasteiger partial charge < -0.3 is 15.5 Å². The summed E-state index contributed by atoms with van der Waals surface area (Å²) in [5.41, 5.74) is 1.52. The van der Waals surface area contributed by atoms with Gasteiger partial charge in [0.15, 0.2) is 0 Å². The Balaban J connectivity index is 1.69. The molecule has 0 aromatic heterocycles. The first-order valence-corrected chi connectivity index (χ1v) is 7.34. The standard InChI is InChI=1S/C16H25N3O/c1-19(2)12-6-11-17-15(20)18-13-16(9-10-16)14-7-4-3-5-8-14/h3-5,7-8H,6,9-13H2,1-2H3,(H2,17,18,20). The number of carbonyl (C=O) groups is 1. The Hall–Kier alpha value is -1.55. The molecule has 1 aliphatic rings. The molecule has 0 atom stereocenters. The van der Waals surface area contributed by atoms with E-state index in [1.165, 1.54) is 5.56 Å². The highest BCUT2D eigenvalue weighted by molar-refractivity contribution is 5.74. The van der Waals surface area contributed by atoms with Crippen LogP contribution in [0.25, 0.3) is 0 Å². The van der Waals surface area contributed by atoms with Gasteiger partial charge in [0.25, 0.3) is 0 Å². The summed E-state index contributed by atoms with van der Waals surface area (Å²) in [4.78, 5) is 13.9. The highest BCUT2D eigenvalue weighted by Crippen LogP contribution is 2.47. The van der Waals surface area contributed by atoms with Gasteiger partial charge in [-0.05, 0) is 45.5 Å². The van der Waals surface area contributed by atoms with Crippen molar-refractivity contribution in [2.24, 2.45) is 0 Å². The van der Waals surface area contributed by atoms with E-state index in [0.717, 1.165) is 38.9 Å². The van der Waals surface area contributed by atoms with Crippen LogP contribution in [0.3, 0.4) is 0 Å². The van der Waals surface area contributed by atoms with Crippen molar-refractivity contribution in [2.75, 3.05) is 33.7 Å². The first kappa shape index (κ1) is 14.9. The van der Waals surface area contributed by atoms with Crippen LogP contribution in [0.4, 0.5) is 4.79 Å². The predicted octanol–water partition coefficient (Wildman–Crippen LogP) is 1.97. The molecular weight excluding hydrogens is 250 g/mol. The fraction of sp³-hybridized carbons (Fsp3) is 0.562. The molecule has 4 heteroatoms. The maximum absolute atomic E-state index is 11.8. The fourth-order valence-corrected chi connectivity index (χ4v) is 2.42. The van der Waals surface area contributed by atoms with E-state index in [4.69, 9.17) is 0 Å². The van der Waals surface area contributed by atoms with Gasteiger partial charge in [0.05, 0.1) is 0 Å². The quantitative estimate of drug-likeness (QED) is 0.747. The zero-order chi connectivity index (χ0) is 14.4. The Morgan fingerprint density at radius 2 is 1.90 bits per heavy atom. The van der Waals surface area contributed by atoms with Crippen LogP contribution in [-0.4, -0.2) is 44.7 Å². The third-order valence-electron chi connectivity index (χ3n) is 3.89. The lowest BCUT2D eigenvalue weighted by atomic mass is 9.96. The Morgan fingerprint density at radius 1 is 1.20 bits per heavy atom. The summed E-state index contributed by atoms with van der Waals surface area (Å²) in [5.74, 6) is 0. The Morgan fingerprint density at radius 3 is 2.50 bits per heavy atom. The van der Waals surface area contributed by atoms with Crippen molar-refractivity contribution in [3.63, 3.8) is 0 Å². The highest BCUT2D eigenvalue weighted by atomic mass is 16.2. The van der Waals surface area contributed by atoms with Gasteiger partial charge in [-0.2, -0.15) is 0 Å². The first-order valence-electron chi connectivity index (χ1n) is 7.34. The number of nitrogens with zero attached hydrogens (tertiary/aromatic N) is 1. The minimum atomic E-state index is -0.0500. The van der Waals surface area contributed by atoms with Crippen molar-refractivity contribution in [3.8, 4) is 0 Å². The second-order valence-corrected chi connectivity index (χ2v) is 5.91. The molecule has 20 heavy (non-hydrogen) atoms. The number of rotatable bonds is 7. The average Bonchev–Trinajstić information content (AvgIpc) is 3.23. The zero-order valence-corrected chi connectivity index (χ0v) is 12.5. The molecule has 0 bridgehead atoms. The molecule has 2 amide bonds. The molecule has 4 nitrogen and oxygen atoms in total. The summed E-state index contributed by atoms with van der Waals surface area (Å²) < 4.78 is 0. The third kappa shape index (κ3) is 4.23. The van der Waals surface area contributed by atoms with E-state index in [-0.39, 0.29) is 11.4 Å². The van der Waals surface area contributed by atoms with Crippen molar-refractivity contribution < 1.29 is 4.79 Å². The summed E-state index contributed by atoms with van der Waals surface area (Å²) >= 11 is 0. The summed E-state index contributed by atoms with van der Waals surface area (Å²) in [6.45, 7) is 2.45. The topological polar surface area (TPSA) is 44.4 Å². The molecule has 1 fully saturated rings. The minimum absolute atomic E-state index is 0.0500. The second-order valence-electron chi connectivity index (χ2n) is 5.91. The zero-order valence-electron chi connectivity index (χ0n) is 12.5. The number of carbonyl (C=O) groups excluding carboxylic acids is 1. The number of urea groups is 1. The van der Waals surface area contributed by atoms with Crippen LogP contribution < -0.4 is 10.6 Å². The average molecular weight is 275 g/mol. The van der Waals surface area contributed by atoms with E-state index in [2.05, 4.69) is 39.8 Å². The minimum Gasteiger partial charge on any atom is -0.338 e. The molecule has 0 heterocycles. The molecular formula is C16H25N3O. The summed E-state index contributed by atoms with van der Waals surface area (Å²) in [5, 5.41) is 5.92. The molecule has 110 valence electrons. The molecule has 0 spiro atoms. The molecule has 0 unspecified atom stereocenters. The van der Waals surface area contributed by atoms with Gasteiger partial charge >= 0.3 is 6.03 Å². The molecule has 1 aromatic carbocycles. The summed E-state index contributed by atoms with van der Waals surface area (Å²) in [6.07, 6.45) is 3.31. The Bertz CT molecular complexity index is 427. The number of hydrogen-bond acceptors (Lipinski definition) is 2. The SMILES string of the molecule is CN(C)CCCNC(=O)NCC1(c2ccccc2)CC1. The van der Waals surface area contributed by atoms with Gasteiger partial charge in [-0.15, -0.1) is 0 Å². The van der Waals surface area contributed by atoms with Crippen LogP contribution in [0.1, 0.15) is 24.8 Å². The van der Waals surface area contributed by atoms with Crippen LogP contribution in [-0.2, 0) is 5.41 Å². The molecule has 1 saturated carbocycles. The van der Waals surface area contributed by atoms with Crippen molar-refractivity contribution >= 4 is 6.03 Å². The van der Waals surface area contributed by atoms with E-state index < -0.39 is 0 Å². The largest absolute Gasteiger partial charge is 0.338 e. The van der Waals surface area contributed by atoms with Gasteiger partial charge in [0, 0.05) is 18.5 Å². The summed E-state index contributed by atoms with van der Waals surface area (Å²) in [7, 11) is 4.08. The highest BCUT2D eigenvalue weighted by Gasteiger charge is 2.44. The van der Waals surface area contributed by atoms with Gasteiger partial charge in [-0.25, -0.2) is 4.79 Å². The van der Waals surface area contributed by atoms with Gasteiger partial charge in [0.1, 0.15) is 0 Å². The van der Waals surface area contributed by atoms with Crippen LogP contribution in [0.2, 0.25) is 0 Å². The second kappa shape index (κ2) is 6.75. The van der Waals surface area contributed by atoms with Crippen LogP contribution in [0, 0.1) is 0 Å². The summed E-state index contributed by atoms with van der Waals surface area (Å²) in [6, 6.07) is 10.4. The van der Waals surface area contributed by atoms with Crippen molar-refractivity contribution in [1.29, 1.82) is 0 Å². The van der Waals surface area contributed by atoms with Gasteiger partial charge in [0.2, 0.25) is 0 Å². The van der Waals surface area contributed by atoms with Crippen LogP contribution in [0.15, 0.2) is 30.3 Å². The lowest BCUT2D eigenvalue weighted by Crippen LogP contribution is -2.40. The van der Waals surface area contributed by atoms with E-state index in [1.54, 1.807) is 0 Å². The van der Waals surface area contributed by atoms with Crippen molar-refractivity contribution in [1.82, 2.24) is 15.5 Å². The van der Waals surface area contributed by atoms with E-state index in [0.29, 0.717) is 0 Å². The number of hydrogen-bond donors (Lipinski definition) is 2. The van der Waals surface area contributed by atoms with E-state index in [1.807, 2.05) is 20.2 Å². The normalized spacial score (nSPS) is 15.9. The lowest BCUT2D eigenvalue weighted by molar-refractivity contribution is 0.239. The molecule has 0 aliphatic heterocycles. The van der Waals surface area contributed by atoms with Crippen LogP contribution >= 0.6 is 0 Å². The Labute approximate surface area is 121 Å². The van der Waals surface area contributed by atoms with E-state index in [9.17, 15) is 4.79 Å². The molecule has 1 aliphatic carbocycles. The third-order valence-corrected chi connectivity index (χ3v) is 3.89. The monoisotopic (exact) mass is 275 g/mol. The first-order chi connectivity index (χ1) is 9.62. The fourth-order valence-electron chi connectivity index (χ4n) is 2.42. The lowest BCUT2D eigenvalue weighted by Gasteiger charge is -2.17. The Kier molecular flexibility index (Phi) is 5.01. The number of benzene rings is 1. The smallest absolute Gasteiger partial charge is 0.314 e. The predicted molar refractivity (Wildman–Crippen MR) is 81.9 cm³/mol. The molecule has 2 N–H and O–H groups in total. The molecule has 0 radical (unpaired) electrons. The molecule has 0 saturated heterocycles. The maximum Gasteiger partial charge on any atom is 0.314 e. The number of amides is 2.